The zero-order valence-corrected chi connectivity index (χ0v) is 11.1. The number of nitrogens with two attached hydrogens (primary N) is 1. The summed E-state index contributed by atoms with van der Waals surface area (Å²) in [5, 5.41) is 8.93. The Balaban J connectivity index is 2.17. The average molecular weight is 311 g/mol. The van der Waals surface area contributed by atoms with Crippen LogP contribution < -0.4 is 15.8 Å². The second-order valence-electron chi connectivity index (χ2n) is 3.50. The molecule has 94 valence electrons. The van der Waals surface area contributed by atoms with Crippen LogP contribution in [0.25, 0.3) is 0 Å². The standard InChI is InChI=1S/C11H11BrN4O2/c1-18-9-3-2-6(4-7(9)12)15-11(17)10-8(13)5-14-16-10/h2-5H,13H2,1H3,(H,14,16)(H,15,17). The number of benzene rings is 1. The Kier molecular flexibility index (Phi) is 3.52. The molecule has 1 aromatic heterocycles. The Labute approximate surface area is 112 Å². The summed E-state index contributed by atoms with van der Waals surface area (Å²) in [6, 6.07) is 5.22. The SMILES string of the molecule is COc1ccc(NC(=O)c2[nH]ncc2N)cc1Br. The molecule has 1 aromatic carbocycles. The monoisotopic (exact) mass is 310 g/mol. The van der Waals surface area contributed by atoms with Crippen molar-refractivity contribution in [3.63, 3.8) is 0 Å². The highest BCUT2D eigenvalue weighted by atomic mass is 79.9. The van der Waals surface area contributed by atoms with Gasteiger partial charge in [0.15, 0.2) is 0 Å². The molecular weight excluding hydrogens is 300 g/mol. The van der Waals surface area contributed by atoms with Crippen molar-refractivity contribution in [2.45, 2.75) is 0 Å². The van der Waals surface area contributed by atoms with Gasteiger partial charge in [0, 0.05) is 5.69 Å². The van der Waals surface area contributed by atoms with Gasteiger partial charge >= 0.3 is 0 Å². The highest BCUT2D eigenvalue weighted by Gasteiger charge is 2.12. The van der Waals surface area contributed by atoms with Gasteiger partial charge in [0.05, 0.1) is 23.5 Å². The minimum absolute atomic E-state index is 0.238. The lowest BCUT2D eigenvalue weighted by molar-refractivity contribution is 0.102. The molecule has 2 rings (SSSR count). The molecule has 0 radical (unpaired) electrons. The van der Waals surface area contributed by atoms with Crippen LogP contribution in [0.4, 0.5) is 11.4 Å². The van der Waals surface area contributed by atoms with Crippen LogP contribution >= 0.6 is 15.9 Å². The second kappa shape index (κ2) is 5.09. The van der Waals surface area contributed by atoms with E-state index in [1.807, 2.05) is 0 Å². The van der Waals surface area contributed by atoms with Gasteiger partial charge in [-0.15, -0.1) is 0 Å². The Morgan fingerprint density at radius 2 is 2.33 bits per heavy atom. The van der Waals surface area contributed by atoms with E-state index in [0.717, 1.165) is 4.47 Å². The van der Waals surface area contributed by atoms with Crippen molar-refractivity contribution in [2.75, 3.05) is 18.2 Å². The Morgan fingerprint density at radius 3 is 2.89 bits per heavy atom. The van der Waals surface area contributed by atoms with Crippen molar-refractivity contribution in [1.82, 2.24) is 10.2 Å². The van der Waals surface area contributed by atoms with Crippen LogP contribution in [0.2, 0.25) is 0 Å². The number of anilines is 2. The molecule has 0 unspecified atom stereocenters. The zero-order chi connectivity index (χ0) is 13.1. The van der Waals surface area contributed by atoms with Gasteiger partial charge in [0.1, 0.15) is 11.4 Å². The van der Waals surface area contributed by atoms with Gasteiger partial charge in [-0.2, -0.15) is 5.10 Å². The van der Waals surface area contributed by atoms with Gasteiger partial charge in [-0.3, -0.25) is 9.89 Å². The maximum absolute atomic E-state index is 11.9. The molecule has 0 bridgehead atoms. The number of nitrogens with one attached hydrogen (secondary N) is 2. The van der Waals surface area contributed by atoms with Crippen molar-refractivity contribution in [2.24, 2.45) is 0 Å². The molecule has 0 fully saturated rings. The lowest BCUT2D eigenvalue weighted by Crippen LogP contribution is -2.14. The molecule has 0 aliphatic heterocycles. The van der Waals surface area contributed by atoms with E-state index in [2.05, 4.69) is 31.4 Å². The molecule has 0 spiro atoms. The molecule has 0 aliphatic carbocycles. The molecule has 0 saturated heterocycles. The number of methoxy groups -OCH3 is 1. The number of hydrogen-bond donors (Lipinski definition) is 3. The van der Waals surface area contributed by atoms with Crippen LogP contribution in [0.5, 0.6) is 5.75 Å². The van der Waals surface area contributed by atoms with E-state index in [-0.39, 0.29) is 11.6 Å². The molecule has 0 atom stereocenters. The number of hydrogen-bond acceptors (Lipinski definition) is 4. The van der Waals surface area contributed by atoms with Crippen LogP contribution in [0, 0.1) is 0 Å². The van der Waals surface area contributed by atoms with Gasteiger partial charge in [-0.25, -0.2) is 0 Å². The number of aromatic amines is 1. The molecule has 0 saturated carbocycles. The smallest absolute Gasteiger partial charge is 0.275 e. The van der Waals surface area contributed by atoms with Crippen LogP contribution in [-0.4, -0.2) is 23.2 Å². The number of amides is 1. The van der Waals surface area contributed by atoms with Crippen molar-refractivity contribution in [3.8, 4) is 5.75 Å². The maximum atomic E-state index is 11.9. The largest absolute Gasteiger partial charge is 0.496 e. The number of carbonyl (C=O) groups excluding carboxylic acids is 1. The Morgan fingerprint density at radius 1 is 1.56 bits per heavy atom. The number of halogens is 1. The maximum Gasteiger partial charge on any atom is 0.275 e. The minimum atomic E-state index is -0.345. The number of H-pyrrole nitrogens is 1. The van der Waals surface area contributed by atoms with E-state index in [9.17, 15) is 4.79 Å². The third-order valence-corrected chi connectivity index (χ3v) is 2.93. The summed E-state index contributed by atoms with van der Waals surface area (Å²) in [6.45, 7) is 0. The van der Waals surface area contributed by atoms with Gasteiger partial charge in [-0.05, 0) is 34.1 Å². The van der Waals surface area contributed by atoms with E-state index in [1.165, 1.54) is 6.20 Å². The number of rotatable bonds is 3. The fraction of sp³-hybridized carbons (Fsp3) is 0.0909. The first-order valence-electron chi connectivity index (χ1n) is 5.05. The molecular formula is C11H11BrN4O2. The first-order valence-corrected chi connectivity index (χ1v) is 5.85. The summed E-state index contributed by atoms with van der Waals surface area (Å²) in [5.74, 6) is 0.344. The zero-order valence-electron chi connectivity index (χ0n) is 9.53. The summed E-state index contributed by atoms with van der Waals surface area (Å²) < 4.78 is 5.85. The highest BCUT2D eigenvalue weighted by molar-refractivity contribution is 9.10. The lowest BCUT2D eigenvalue weighted by Gasteiger charge is -2.07. The third-order valence-electron chi connectivity index (χ3n) is 2.31. The highest BCUT2D eigenvalue weighted by Crippen LogP contribution is 2.27. The first kappa shape index (κ1) is 12.4. The molecule has 4 N–H and O–H groups in total. The summed E-state index contributed by atoms with van der Waals surface area (Å²) in [5.41, 5.74) is 6.76. The summed E-state index contributed by atoms with van der Waals surface area (Å²) >= 11 is 3.34. The minimum Gasteiger partial charge on any atom is -0.496 e. The molecule has 6 nitrogen and oxygen atoms in total. The normalized spacial score (nSPS) is 10.1. The van der Waals surface area contributed by atoms with E-state index >= 15 is 0 Å². The van der Waals surface area contributed by atoms with E-state index in [0.29, 0.717) is 17.1 Å². The van der Waals surface area contributed by atoms with Crippen molar-refractivity contribution in [1.29, 1.82) is 0 Å². The molecule has 1 heterocycles. The van der Waals surface area contributed by atoms with Crippen LogP contribution in [0.1, 0.15) is 10.5 Å². The van der Waals surface area contributed by atoms with Crippen LogP contribution in [0.15, 0.2) is 28.9 Å². The topological polar surface area (TPSA) is 93.0 Å². The molecule has 0 aliphatic rings. The molecule has 18 heavy (non-hydrogen) atoms. The number of carbonyl (C=O) groups is 1. The van der Waals surface area contributed by atoms with Gasteiger partial charge in [0.2, 0.25) is 0 Å². The fourth-order valence-corrected chi connectivity index (χ4v) is 1.96. The van der Waals surface area contributed by atoms with Crippen LogP contribution in [0.3, 0.4) is 0 Å². The van der Waals surface area contributed by atoms with Crippen LogP contribution in [-0.2, 0) is 0 Å². The van der Waals surface area contributed by atoms with Gasteiger partial charge in [-0.1, -0.05) is 0 Å². The first-order chi connectivity index (χ1) is 8.61. The molecule has 2 aromatic rings. The number of nitrogen functional groups attached to an aromatic ring is 1. The predicted molar refractivity (Wildman–Crippen MR) is 71.6 cm³/mol. The lowest BCUT2D eigenvalue weighted by atomic mass is 10.3. The summed E-state index contributed by atoms with van der Waals surface area (Å²) in [7, 11) is 1.57. The molecule has 1 amide bonds. The molecule has 7 heteroatoms. The van der Waals surface area contributed by atoms with E-state index in [4.69, 9.17) is 10.5 Å². The number of aromatic nitrogens is 2. The van der Waals surface area contributed by atoms with E-state index < -0.39 is 0 Å². The van der Waals surface area contributed by atoms with Gasteiger partial charge in [0.25, 0.3) is 5.91 Å². The average Bonchev–Trinajstić information content (AvgIpc) is 2.76. The number of ether oxygens (including phenoxy) is 1. The second-order valence-corrected chi connectivity index (χ2v) is 4.36. The Bertz CT molecular complexity index is 582. The van der Waals surface area contributed by atoms with E-state index in [1.54, 1.807) is 25.3 Å². The fourth-order valence-electron chi connectivity index (χ4n) is 1.42. The summed E-state index contributed by atoms with van der Waals surface area (Å²) in [4.78, 5) is 11.9. The van der Waals surface area contributed by atoms with Crippen molar-refractivity contribution in [3.05, 3.63) is 34.6 Å². The van der Waals surface area contributed by atoms with Crippen molar-refractivity contribution < 1.29 is 9.53 Å². The van der Waals surface area contributed by atoms with Crippen molar-refractivity contribution >= 4 is 33.2 Å². The predicted octanol–water partition coefficient (Wildman–Crippen LogP) is 2.02. The van der Waals surface area contributed by atoms with Gasteiger partial charge < -0.3 is 15.8 Å². The Hall–Kier alpha value is -2.02. The summed E-state index contributed by atoms with van der Waals surface area (Å²) in [6.07, 6.45) is 1.39. The number of nitrogens with zero attached hydrogens (tertiary/aromatic N) is 1. The quantitative estimate of drug-likeness (QED) is 0.808. The third kappa shape index (κ3) is 2.45.